The van der Waals surface area contributed by atoms with E-state index < -0.39 is 5.97 Å². The van der Waals surface area contributed by atoms with E-state index in [-0.39, 0.29) is 30.3 Å². The molecule has 0 fully saturated rings. The van der Waals surface area contributed by atoms with E-state index in [1.54, 1.807) is 45.2 Å². The quantitative estimate of drug-likeness (QED) is 0.560. The summed E-state index contributed by atoms with van der Waals surface area (Å²) in [5.74, 6) is -0.806. The Kier molecular flexibility index (Phi) is 4.26. The highest BCUT2D eigenvalue weighted by Gasteiger charge is 2.23. The Morgan fingerprint density at radius 3 is 2.72 bits per heavy atom. The van der Waals surface area contributed by atoms with E-state index in [0.29, 0.717) is 22.5 Å². The van der Waals surface area contributed by atoms with Crippen molar-refractivity contribution in [1.82, 2.24) is 19.2 Å². The van der Waals surface area contributed by atoms with Crippen LogP contribution in [0.15, 0.2) is 29.2 Å². The minimum Gasteiger partial charge on any atom is -0.461 e. The first-order valence-electron chi connectivity index (χ1n) is 7.87. The molecular formula is C17H18N4O4. The van der Waals surface area contributed by atoms with Gasteiger partial charge in [-0.2, -0.15) is 0 Å². The third-order valence-corrected chi connectivity index (χ3v) is 3.98. The minimum absolute atomic E-state index is 0.206. The lowest BCUT2D eigenvalue weighted by Crippen LogP contribution is -2.25. The fourth-order valence-electron chi connectivity index (χ4n) is 2.86. The van der Waals surface area contributed by atoms with E-state index in [4.69, 9.17) is 4.74 Å². The summed E-state index contributed by atoms with van der Waals surface area (Å²) in [6.07, 6.45) is 1.59. The van der Waals surface area contributed by atoms with Gasteiger partial charge >= 0.3 is 11.7 Å². The van der Waals surface area contributed by atoms with Gasteiger partial charge in [0, 0.05) is 17.5 Å². The summed E-state index contributed by atoms with van der Waals surface area (Å²) in [6, 6.07) is 5.17. The number of ether oxygens (including phenoxy) is 1. The average molecular weight is 342 g/mol. The summed E-state index contributed by atoms with van der Waals surface area (Å²) < 4.78 is 7.47. The van der Waals surface area contributed by atoms with Crippen molar-refractivity contribution in [2.45, 2.75) is 27.3 Å². The molecule has 3 heterocycles. The number of nitrogens with zero attached hydrogens (tertiary/aromatic N) is 3. The average Bonchev–Trinajstić information content (AvgIpc) is 3.05. The third-order valence-electron chi connectivity index (χ3n) is 3.98. The number of fused-ring (bicyclic) bond motifs is 1. The Morgan fingerprint density at radius 1 is 1.28 bits per heavy atom. The lowest BCUT2D eigenvalue weighted by molar-refractivity contribution is 0.0519. The van der Waals surface area contributed by atoms with Crippen LogP contribution >= 0.6 is 0 Å². The summed E-state index contributed by atoms with van der Waals surface area (Å²) >= 11 is 0. The van der Waals surface area contributed by atoms with Crippen LogP contribution in [-0.4, -0.2) is 37.5 Å². The zero-order valence-electron chi connectivity index (χ0n) is 14.2. The molecule has 8 heteroatoms. The first kappa shape index (κ1) is 16.7. The zero-order valence-corrected chi connectivity index (χ0v) is 14.2. The van der Waals surface area contributed by atoms with E-state index in [1.807, 2.05) is 0 Å². The van der Waals surface area contributed by atoms with Gasteiger partial charge in [0.2, 0.25) is 0 Å². The number of Topliss-reactive ketones (excluding diaryl/α,β-unsaturated/α-hetero) is 1. The van der Waals surface area contributed by atoms with Crippen LogP contribution in [-0.2, 0) is 11.3 Å². The number of aryl methyl sites for hydroxylation is 1. The predicted molar refractivity (Wildman–Crippen MR) is 90.0 cm³/mol. The van der Waals surface area contributed by atoms with Crippen molar-refractivity contribution in [3.8, 4) is 0 Å². The molecule has 3 aromatic rings. The first-order chi connectivity index (χ1) is 11.9. The Morgan fingerprint density at radius 2 is 2.04 bits per heavy atom. The third kappa shape index (κ3) is 2.86. The highest BCUT2D eigenvalue weighted by molar-refractivity contribution is 6.02. The minimum atomic E-state index is -0.507. The largest absolute Gasteiger partial charge is 0.461 e. The molecule has 25 heavy (non-hydrogen) atoms. The number of esters is 1. The topological polar surface area (TPSA) is 98.5 Å². The number of hydrogen-bond acceptors (Lipinski definition) is 5. The van der Waals surface area contributed by atoms with Gasteiger partial charge in [0.1, 0.15) is 12.2 Å². The molecule has 0 bridgehead atoms. The van der Waals surface area contributed by atoms with Crippen LogP contribution in [0.5, 0.6) is 0 Å². The van der Waals surface area contributed by atoms with Crippen molar-refractivity contribution in [2.24, 2.45) is 0 Å². The van der Waals surface area contributed by atoms with Crippen LogP contribution < -0.4 is 5.69 Å². The van der Waals surface area contributed by atoms with E-state index in [9.17, 15) is 14.4 Å². The van der Waals surface area contributed by atoms with Gasteiger partial charge in [-0.3, -0.25) is 9.20 Å². The molecule has 0 aliphatic heterocycles. The number of carbonyl (C=O) groups is 2. The lowest BCUT2D eigenvalue weighted by Gasteiger charge is -2.02. The molecule has 0 radical (unpaired) electrons. The van der Waals surface area contributed by atoms with E-state index >= 15 is 0 Å². The smallest absolute Gasteiger partial charge is 0.355 e. The molecule has 8 nitrogen and oxygen atoms in total. The molecule has 0 aromatic carbocycles. The molecule has 3 rings (SSSR count). The normalized spacial score (nSPS) is 11.0. The maximum Gasteiger partial charge on any atom is 0.355 e. The van der Waals surface area contributed by atoms with E-state index in [0.717, 1.165) is 4.68 Å². The van der Waals surface area contributed by atoms with E-state index in [2.05, 4.69) is 10.1 Å². The molecule has 0 saturated heterocycles. The second kappa shape index (κ2) is 6.39. The maximum absolute atomic E-state index is 12.7. The molecule has 0 amide bonds. The molecule has 0 saturated carbocycles. The van der Waals surface area contributed by atoms with Crippen molar-refractivity contribution < 1.29 is 14.3 Å². The summed E-state index contributed by atoms with van der Waals surface area (Å²) in [6.45, 7) is 5.13. The zero-order chi connectivity index (χ0) is 18.1. The van der Waals surface area contributed by atoms with Gasteiger partial charge in [0.05, 0.1) is 6.61 Å². The van der Waals surface area contributed by atoms with Gasteiger partial charge in [0.25, 0.3) is 0 Å². The highest BCUT2D eigenvalue weighted by Crippen LogP contribution is 2.20. The lowest BCUT2D eigenvalue weighted by atomic mass is 10.1. The van der Waals surface area contributed by atoms with Gasteiger partial charge in [-0.25, -0.2) is 14.3 Å². The molecule has 0 spiro atoms. The van der Waals surface area contributed by atoms with Crippen LogP contribution in [0.1, 0.15) is 39.0 Å². The molecule has 3 aromatic heterocycles. The second-order valence-corrected chi connectivity index (χ2v) is 5.64. The highest BCUT2D eigenvalue weighted by atomic mass is 16.5. The fourth-order valence-corrected chi connectivity index (χ4v) is 2.86. The van der Waals surface area contributed by atoms with Crippen molar-refractivity contribution in [1.29, 1.82) is 0 Å². The number of ketones is 1. The van der Waals surface area contributed by atoms with Gasteiger partial charge < -0.3 is 9.72 Å². The predicted octanol–water partition coefficient (Wildman–Crippen LogP) is 1.50. The Hall–Kier alpha value is -3.16. The van der Waals surface area contributed by atoms with Crippen molar-refractivity contribution in [3.63, 3.8) is 0 Å². The maximum atomic E-state index is 12.7. The number of H-pyrrole nitrogens is 1. The molecule has 0 atom stereocenters. The molecule has 0 unspecified atom stereocenters. The Labute approximate surface area is 143 Å². The summed E-state index contributed by atoms with van der Waals surface area (Å²) in [7, 11) is 0. The molecule has 1 N–H and O–H groups in total. The number of carbonyl (C=O) groups excluding carboxylic acids is 2. The standard InChI is InChI=1S/C17H18N4O4/c1-4-25-16(23)15-10(2)14(11(3)18-15)12(22)9-21-17(24)20-8-6-5-7-13(20)19-21/h5-8,18H,4,9H2,1-3H3. The van der Waals surface area contributed by atoms with Crippen LogP contribution in [0, 0.1) is 13.8 Å². The Balaban J connectivity index is 1.94. The molecule has 0 aliphatic rings. The SMILES string of the molecule is CCOC(=O)c1[nH]c(C)c(C(=O)Cn2nc3ccccn3c2=O)c1C. The van der Waals surface area contributed by atoms with Crippen LogP contribution in [0.3, 0.4) is 0 Å². The number of nitrogens with one attached hydrogen (secondary N) is 1. The number of pyridine rings is 1. The van der Waals surface area contributed by atoms with Crippen LogP contribution in [0.2, 0.25) is 0 Å². The molecule has 130 valence electrons. The van der Waals surface area contributed by atoms with Crippen LogP contribution in [0.4, 0.5) is 0 Å². The van der Waals surface area contributed by atoms with E-state index in [1.165, 1.54) is 4.40 Å². The monoisotopic (exact) mass is 342 g/mol. The molecule has 0 aliphatic carbocycles. The van der Waals surface area contributed by atoms with Crippen molar-refractivity contribution >= 4 is 17.4 Å². The summed E-state index contributed by atoms with van der Waals surface area (Å²) in [4.78, 5) is 39.8. The molecular weight excluding hydrogens is 324 g/mol. The summed E-state index contributed by atoms with van der Waals surface area (Å²) in [5, 5.41) is 4.15. The second-order valence-electron chi connectivity index (χ2n) is 5.64. The van der Waals surface area contributed by atoms with Gasteiger partial charge in [-0.05, 0) is 38.5 Å². The number of rotatable bonds is 5. The van der Waals surface area contributed by atoms with Crippen LogP contribution in [0.25, 0.3) is 5.65 Å². The van der Waals surface area contributed by atoms with Gasteiger partial charge in [-0.1, -0.05) is 6.07 Å². The summed E-state index contributed by atoms with van der Waals surface area (Å²) in [5.41, 5.74) is 1.78. The number of aromatic nitrogens is 4. The van der Waals surface area contributed by atoms with Gasteiger partial charge in [-0.15, -0.1) is 5.10 Å². The van der Waals surface area contributed by atoms with Crippen molar-refractivity contribution in [3.05, 3.63) is 57.4 Å². The van der Waals surface area contributed by atoms with Crippen molar-refractivity contribution in [2.75, 3.05) is 6.61 Å². The first-order valence-corrected chi connectivity index (χ1v) is 7.87. The fraction of sp³-hybridized carbons (Fsp3) is 0.294. The Bertz CT molecular complexity index is 1030. The number of hydrogen-bond donors (Lipinski definition) is 1. The van der Waals surface area contributed by atoms with Gasteiger partial charge in [0.15, 0.2) is 11.4 Å². The number of aromatic amines is 1.